The van der Waals surface area contributed by atoms with Crippen LogP contribution < -0.4 is 10.6 Å². The minimum absolute atomic E-state index is 0.259. The van der Waals surface area contributed by atoms with Crippen molar-refractivity contribution in [1.29, 1.82) is 0 Å². The van der Waals surface area contributed by atoms with Gasteiger partial charge in [-0.15, -0.1) is 0 Å². The van der Waals surface area contributed by atoms with Gasteiger partial charge in [0.15, 0.2) is 0 Å². The fraction of sp³-hybridized carbons (Fsp3) is 0.657. The van der Waals surface area contributed by atoms with Crippen molar-refractivity contribution in [3.05, 3.63) is 57.6 Å². The molecule has 2 N–H and O–H groups in total. The van der Waals surface area contributed by atoms with E-state index < -0.39 is 21.9 Å². The molecule has 0 amide bonds. The van der Waals surface area contributed by atoms with E-state index in [0.717, 1.165) is 50.4 Å². The summed E-state index contributed by atoms with van der Waals surface area (Å²) < 4.78 is 26.3. The molecular formula is C35H58O6P2. The zero-order chi connectivity index (χ0) is 32.6. The van der Waals surface area contributed by atoms with Gasteiger partial charge in [-0.2, -0.15) is 0 Å². The van der Waals surface area contributed by atoms with Gasteiger partial charge in [-0.05, 0) is 0 Å². The van der Waals surface area contributed by atoms with E-state index in [-0.39, 0.29) is 21.7 Å². The molecule has 0 aromatic heterocycles. The third-order valence-electron chi connectivity index (χ3n) is 8.49. The van der Waals surface area contributed by atoms with Crippen molar-refractivity contribution < 1.29 is 27.9 Å². The Morgan fingerprint density at radius 2 is 0.884 bits per heavy atom. The van der Waals surface area contributed by atoms with Crippen LogP contribution in [0.2, 0.25) is 0 Å². The van der Waals surface area contributed by atoms with Crippen LogP contribution in [0.3, 0.4) is 0 Å². The first-order valence-electron chi connectivity index (χ1n) is 15.8. The summed E-state index contributed by atoms with van der Waals surface area (Å²) in [5, 5.41) is 1.48. The molecule has 2 fully saturated rings. The van der Waals surface area contributed by atoms with Gasteiger partial charge in [0, 0.05) is 0 Å². The van der Waals surface area contributed by atoms with Gasteiger partial charge in [0.25, 0.3) is 0 Å². The summed E-state index contributed by atoms with van der Waals surface area (Å²) in [6.45, 7) is 30.3. The molecule has 6 nitrogen and oxygen atoms in total. The molecule has 2 aliphatic rings. The molecule has 0 saturated carbocycles. The second kappa shape index (κ2) is 11.1. The van der Waals surface area contributed by atoms with Crippen LogP contribution in [0, 0.1) is 13.8 Å². The van der Waals surface area contributed by atoms with Gasteiger partial charge in [-0.25, -0.2) is 0 Å². The molecule has 244 valence electrons. The first-order chi connectivity index (χ1) is 19.3. The van der Waals surface area contributed by atoms with Crippen molar-refractivity contribution in [3.8, 4) is 0 Å². The van der Waals surface area contributed by atoms with Crippen LogP contribution in [0.15, 0.2) is 24.3 Å². The number of benzene rings is 2. The zero-order valence-electron chi connectivity index (χ0n) is 29.2. The minimum atomic E-state index is -4.14. The van der Waals surface area contributed by atoms with E-state index in [1.54, 1.807) is 0 Å². The molecule has 2 heterocycles. The van der Waals surface area contributed by atoms with E-state index in [1.807, 2.05) is 0 Å². The molecule has 2 aromatic rings. The third-order valence-corrected chi connectivity index (χ3v) is 13.2. The Bertz CT molecular complexity index is 1300. The van der Waals surface area contributed by atoms with Gasteiger partial charge < -0.3 is 0 Å². The van der Waals surface area contributed by atoms with Gasteiger partial charge in [0.05, 0.1) is 0 Å². The topological polar surface area (TPSA) is 77.4 Å². The van der Waals surface area contributed by atoms with Crippen LogP contribution in [0.4, 0.5) is 0 Å². The molecule has 2 aliphatic heterocycles. The average molecular weight is 637 g/mol. The summed E-state index contributed by atoms with van der Waals surface area (Å²) in [6, 6.07) is 8.55. The molecule has 43 heavy (non-hydrogen) atoms. The molecule has 0 bridgehead atoms. The van der Waals surface area contributed by atoms with Gasteiger partial charge in [0.2, 0.25) is 0 Å². The fourth-order valence-corrected chi connectivity index (χ4v) is 12.4. The third kappa shape index (κ3) is 6.93. The zero-order valence-corrected chi connectivity index (χ0v) is 31.2. The summed E-state index contributed by atoms with van der Waals surface area (Å²) in [7, 11) is -8.09. The predicted molar refractivity (Wildman–Crippen MR) is 183 cm³/mol. The SMILES string of the molecule is Cc1cc(C(C)(C)C)c([PH]2(O)OCCCCC3(O2)O[PH](O)(c2c(C(C)(C)C)cc(C)cc2C(C)(C)C)O3)c(C(C)(C)C)c1. The van der Waals surface area contributed by atoms with Crippen molar-refractivity contribution in [2.24, 2.45) is 0 Å². The van der Waals surface area contributed by atoms with Crippen molar-refractivity contribution >= 4 is 26.5 Å². The van der Waals surface area contributed by atoms with Gasteiger partial charge >= 0.3 is 262 Å². The maximum atomic E-state index is 12.6. The first-order valence-corrected chi connectivity index (χ1v) is 19.4. The van der Waals surface area contributed by atoms with E-state index in [2.05, 4.69) is 121 Å². The van der Waals surface area contributed by atoms with Crippen LogP contribution in [0.5, 0.6) is 0 Å². The van der Waals surface area contributed by atoms with Crippen molar-refractivity contribution in [2.45, 2.75) is 144 Å². The first kappa shape index (κ1) is 34.9. The molecule has 2 saturated heterocycles. The quantitative estimate of drug-likeness (QED) is 0.323. The molecule has 1 spiro atoms. The monoisotopic (exact) mass is 636 g/mol. The van der Waals surface area contributed by atoms with Crippen LogP contribution in [-0.2, 0) is 39.8 Å². The predicted octanol–water partition coefficient (Wildman–Crippen LogP) is 8.34. The summed E-state index contributed by atoms with van der Waals surface area (Å²) in [4.78, 5) is 24.9. The Morgan fingerprint density at radius 3 is 1.23 bits per heavy atom. The molecule has 2 aromatic carbocycles. The Labute approximate surface area is 262 Å². The Kier molecular flexibility index (Phi) is 9.01. The average Bonchev–Trinajstić information content (AvgIpc) is 2.78. The maximum absolute atomic E-state index is 12.6. The molecule has 4 rings (SSSR count). The number of rotatable bonds is 2. The summed E-state index contributed by atoms with van der Waals surface area (Å²) in [5.74, 6) is -1.59. The Balaban J connectivity index is 1.88. The fourth-order valence-electron chi connectivity index (χ4n) is 6.36. The van der Waals surface area contributed by atoms with E-state index in [9.17, 15) is 9.79 Å². The number of aryl methyl sites for hydroxylation is 2. The summed E-state index contributed by atoms with van der Waals surface area (Å²) >= 11 is 0. The number of hydrogen-bond donors (Lipinski definition) is 2. The molecule has 0 aliphatic carbocycles. The van der Waals surface area contributed by atoms with Crippen molar-refractivity contribution in [1.82, 2.24) is 0 Å². The van der Waals surface area contributed by atoms with Gasteiger partial charge in [0.1, 0.15) is 0 Å². The van der Waals surface area contributed by atoms with Gasteiger partial charge in [-0.1, -0.05) is 0 Å². The number of hydrogen-bond acceptors (Lipinski definition) is 6. The van der Waals surface area contributed by atoms with E-state index in [1.165, 1.54) is 0 Å². The summed E-state index contributed by atoms with van der Waals surface area (Å²) in [5.41, 5.74) is 5.19. The van der Waals surface area contributed by atoms with Crippen LogP contribution >= 0.6 is 15.9 Å². The molecule has 0 radical (unpaired) electrons. The second-order valence-corrected chi connectivity index (χ2v) is 21.2. The molecule has 0 atom stereocenters. The second-order valence-electron chi connectivity index (χ2n) is 16.9. The normalized spacial score (nSPS) is 24.6. The van der Waals surface area contributed by atoms with Crippen LogP contribution in [0.1, 0.15) is 136 Å². The standard InChI is InChI=1S/C35H58O6P2/c1-23-19-25(31(3,4)5)29(26(20-23)32(6,7)8)42(36)38-18-16-15-17-35(39-42)40-43(37,41-35)30-27(33(9,10)11)21-24(2)22-28(30)34(12,13)14/h19-22,36-37,42-43H,15-18H2,1-14H3. The Morgan fingerprint density at radius 1 is 0.558 bits per heavy atom. The van der Waals surface area contributed by atoms with Crippen LogP contribution in [0.25, 0.3) is 0 Å². The van der Waals surface area contributed by atoms with Crippen molar-refractivity contribution in [3.63, 3.8) is 0 Å². The Hall–Kier alpha value is -0.940. The molecule has 0 unspecified atom stereocenters. The van der Waals surface area contributed by atoms with Crippen LogP contribution in [-0.4, -0.2) is 22.4 Å². The summed E-state index contributed by atoms with van der Waals surface area (Å²) in [6.07, 6.45) is 1.83. The van der Waals surface area contributed by atoms with E-state index in [0.29, 0.717) is 19.4 Å². The van der Waals surface area contributed by atoms with Gasteiger partial charge in [-0.3, -0.25) is 0 Å². The van der Waals surface area contributed by atoms with E-state index >= 15 is 0 Å². The molecule has 8 heteroatoms. The van der Waals surface area contributed by atoms with Crippen molar-refractivity contribution in [2.75, 3.05) is 6.61 Å². The molecular weight excluding hydrogens is 578 g/mol. The van der Waals surface area contributed by atoms with E-state index in [4.69, 9.17) is 18.1 Å².